The van der Waals surface area contributed by atoms with Crippen LogP contribution < -0.4 is 4.72 Å². The van der Waals surface area contributed by atoms with Crippen LogP contribution in [0.15, 0.2) is 29.3 Å². The molecule has 1 heterocycles. The molecule has 1 aliphatic carbocycles. The van der Waals surface area contributed by atoms with Crippen molar-refractivity contribution in [2.75, 3.05) is 4.72 Å². The average Bonchev–Trinajstić information content (AvgIpc) is 2.98. The molecule has 130 valence electrons. The summed E-state index contributed by atoms with van der Waals surface area (Å²) in [5.41, 5.74) is -0.00235. The maximum absolute atomic E-state index is 14.0. The van der Waals surface area contributed by atoms with E-state index in [-0.39, 0.29) is 27.6 Å². The molecule has 0 aliphatic heterocycles. The summed E-state index contributed by atoms with van der Waals surface area (Å²) >= 11 is 0. The van der Waals surface area contributed by atoms with E-state index in [9.17, 15) is 17.6 Å². The van der Waals surface area contributed by atoms with E-state index in [0.717, 1.165) is 6.07 Å². The van der Waals surface area contributed by atoms with Crippen molar-refractivity contribution in [3.63, 3.8) is 0 Å². The second-order valence-corrected chi connectivity index (χ2v) is 8.28. The highest BCUT2D eigenvalue weighted by molar-refractivity contribution is 7.92. The number of carbonyl (C=O) groups is 1. The number of rotatable bonds is 3. The summed E-state index contributed by atoms with van der Waals surface area (Å²) < 4.78 is 41.4. The maximum atomic E-state index is 14.0. The van der Waals surface area contributed by atoms with Crippen molar-refractivity contribution in [1.82, 2.24) is 4.98 Å². The molecule has 2 aromatic rings. The van der Waals surface area contributed by atoms with E-state index in [1.54, 1.807) is 6.07 Å². The van der Waals surface area contributed by atoms with Crippen LogP contribution in [-0.2, 0) is 16.4 Å². The molecular formula is C17H16FN3O3S. The third-order valence-corrected chi connectivity index (χ3v) is 5.85. The second kappa shape index (κ2) is 5.70. The molecule has 3 rings (SSSR count). The Morgan fingerprint density at radius 3 is 2.72 bits per heavy atom. The number of aromatic amines is 1. The van der Waals surface area contributed by atoms with Gasteiger partial charge in [0.1, 0.15) is 10.7 Å². The monoisotopic (exact) mass is 361 g/mol. The van der Waals surface area contributed by atoms with E-state index in [0.29, 0.717) is 18.4 Å². The van der Waals surface area contributed by atoms with E-state index in [1.165, 1.54) is 18.3 Å². The molecule has 8 heteroatoms. The highest BCUT2D eigenvalue weighted by Gasteiger charge is 2.38. The predicted molar refractivity (Wildman–Crippen MR) is 89.1 cm³/mol. The van der Waals surface area contributed by atoms with Gasteiger partial charge < -0.3 is 4.98 Å². The normalized spacial score (nSPS) is 16.2. The quantitative estimate of drug-likeness (QED) is 0.877. The molecule has 0 saturated carbocycles. The van der Waals surface area contributed by atoms with Gasteiger partial charge in [-0.2, -0.15) is 5.26 Å². The number of ketones is 1. The number of halogens is 1. The van der Waals surface area contributed by atoms with Crippen LogP contribution in [-0.4, -0.2) is 19.2 Å². The van der Waals surface area contributed by atoms with Crippen molar-refractivity contribution in [3.8, 4) is 6.07 Å². The fourth-order valence-electron chi connectivity index (χ4n) is 2.88. The Morgan fingerprint density at radius 1 is 1.36 bits per heavy atom. The van der Waals surface area contributed by atoms with Crippen molar-refractivity contribution >= 4 is 21.5 Å². The van der Waals surface area contributed by atoms with Gasteiger partial charge in [0.2, 0.25) is 0 Å². The van der Waals surface area contributed by atoms with Crippen LogP contribution in [0, 0.1) is 22.6 Å². The molecule has 2 N–H and O–H groups in total. The minimum Gasteiger partial charge on any atom is -0.357 e. The highest BCUT2D eigenvalue weighted by Crippen LogP contribution is 2.37. The zero-order valence-corrected chi connectivity index (χ0v) is 14.5. The summed E-state index contributed by atoms with van der Waals surface area (Å²) in [7, 11) is -4.07. The number of Topliss-reactive ketones (excluding diaryl/α,β-unsaturated/α-hetero) is 1. The third-order valence-electron chi connectivity index (χ3n) is 4.42. The molecule has 1 aliphatic rings. The summed E-state index contributed by atoms with van der Waals surface area (Å²) in [4.78, 5) is 15.1. The van der Waals surface area contributed by atoms with Crippen LogP contribution in [0.4, 0.5) is 10.1 Å². The predicted octanol–water partition coefficient (Wildman–Crippen LogP) is 2.98. The topological polar surface area (TPSA) is 103 Å². The molecule has 0 radical (unpaired) electrons. The van der Waals surface area contributed by atoms with E-state index < -0.39 is 21.3 Å². The third kappa shape index (κ3) is 2.91. The summed E-state index contributed by atoms with van der Waals surface area (Å²) in [5.74, 6) is -0.982. The number of H-pyrrole nitrogens is 1. The molecule has 6 nitrogen and oxygen atoms in total. The lowest BCUT2D eigenvalue weighted by atomic mass is 9.76. The minimum atomic E-state index is -4.07. The molecule has 1 aromatic carbocycles. The SMILES string of the molecule is CC1(C)CCc2c(S(=O)(=O)Nc3ccc(C#N)cc3F)c[nH]c2C1=O. The van der Waals surface area contributed by atoms with Gasteiger partial charge in [-0.3, -0.25) is 9.52 Å². The van der Waals surface area contributed by atoms with Crippen LogP contribution in [0.3, 0.4) is 0 Å². The summed E-state index contributed by atoms with van der Waals surface area (Å²) in [6.45, 7) is 3.63. The minimum absolute atomic E-state index is 0.0601. The number of benzene rings is 1. The highest BCUT2D eigenvalue weighted by atomic mass is 32.2. The number of sulfonamides is 1. The van der Waals surface area contributed by atoms with Crippen LogP contribution in [0.2, 0.25) is 0 Å². The summed E-state index contributed by atoms with van der Waals surface area (Å²) in [6.07, 6.45) is 2.22. The van der Waals surface area contributed by atoms with Gasteiger partial charge in [0, 0.05) is 17.2 Å². The van der Waals surface area contributed by atoms with Crippen LogP contribution in [0.1, 0.15) is 41.9 Å². The number of aromatic nitrogens is 1. The van der Waals surface area contributed by atoms with E-state index in [1.807, 2.05) is 13.8 Å². The molecule has 0 fully saturated rings. The number of carbonyl (C=O) groups excluding carboxylic acids is 1. The molecule has 1 aromatic heterocycles. The van der Waals surface area contributed by atoms with Gasteiger partial charge >= 0.3 is 0 Å². The Labute approximate surface area is 144 Å². The zero-order chi connectivity index (χ0) is 18.4. The number of nitrogens with zero attached hydrogens (tertiary/aromatic N) is 1. The molecule has 0 bridgehead atoms. The van der Waals surface area contributed by atoms with Crippen molar-refractivity contribution in [1.29, 1.82) is 5.26 Å². The molecular weight excluding hydrogens is 345 g/mol. The van der Waals surface area contributed by atoms with Crippen molar-refractivity contribution in [2.45, 2.75) is 31.6 Å². The first kappa shape index (κ1) is 17.2. The average molecular weight is 361 g/mol. The van der Waals surface area contributed by atoms with Crippen molar-refractivity contribution in [3.05, 3.63) is 47.0 Å². The zero-order valence-electron chi connectivity index (χ0n) is 13.7. The van der Waals surface area contributed by atoms with Crippen LogP contribution >= 0.6 is 0 Å². The van der Waals surface area contributed by atoms with E-state index in [2.05, 4.69) is 9.71 Å². The summed E-state index contributed by atoms with van der Waals surface area (Å²) in [6, 6.07) is 5.25. The second-order valence-electron chi connectivity index (χ2n) is 6.63. The molecule has 25 heavy (non-hydrogen) atoms. The van der Waals surface area contributed by atoms with Gasteiger partial charge in [-0.25, -0.2) is 12.8 Å². The van der Waals surface area contributed by atoms with Gasteiger partial charge in [-0.1, -0.05) is 13.8 Å². The van der Waals surface area contributed by atoms with Crippen molar-refractivity contribution in [2.24, 2.45) is 5.41 Å². The number of fused-ring (bicyclic) bond motifs is 1. The number of anilines is 1. The Hall–Kier alpha value is -2.66. The Bertz CT molecular complexity index is 1020. The van der Waals surface area contributed by atoms with Crippen molar-refractivity contribution < 1.29 is 17.6 Å². The largest absolute Gasteiger partial charge is 0.357 e. The summed E-state index contributed by atoms with van der Waals surface area (Å²) in [5, 5.41) is 8.74. The van der Waals surface area contributed by atoms with Gasteiger partial charge in [-0.15, -0.1) is 0 Å². The Balaban J connectivity index is 1.98. The molecule has 0 amide bonds. The Morgan fingerprint density at radius 2 is 2.08 bits per heavy atom. The van der Waals surface area contributed by atoms with Gasteiger partial charge in [0.05, 0.1) is 23.0 Å². The molecule has 0 unspecified atom stereocenters. The lowest BCUT2D eigenvalue weighted by molar-refractivity contribution is 0.0805. The fraction of sp³-hybridized carbons (Fsp3) is 0.294. The van der Waals surface area contributed by atoms with Gasteiger partial charge in [-0.05, 0) is 31.0 Å². The van der Waals surface area contributed by atoms with E-state index in [4.69, 9.17) is 5.26 Å². The maximum Gasteiger partial charge on any atom is 0.263 e. The van der Waals surface area contributed by atoms with E-state index >= 15 is 0 Å². The number of hydrogen-bond acceptors (Lipinski definition) is 4. The number of nitrogens with one attached hydrogen (secondary N) is 2. The fourth-order valence-corrected chi connectivity index (χ4v) is 4.19. The number of nitriles is 1. The molecule has 0 saturated heterocycles. The first-order valence-electron chi connectivity index (χ1n) is 7.63. The van der Waals surface area contributed by atoms with Crippen LogP contribution in [0.5, 0.6) is 0 Å². The first-order valence-corrected chi connectivity index (χ1v) is 9.11. The van der Waals surface area contributed by atoms with Gasteiger partial charge in [0.25, 0.3) is 10.0 Å². The standard InChI is InChI=1S/C17H16FN3O3S/c1-17(2)6-5-11-14(9-20-15(11)16(17)22)25(23,24)21-13-4-3-10(8-19)7-12(13)18/h3-4,7,9,20-21H,5-6H2,1-2H3. The van der Waals surface area contributed by atoms with Gasteiger partial charge in [0.15, 0.2) is 5.78 Å². The lowest BCUT2D eigenvalue weighted by Crippen LogP contribution is -2.31. The lowest BCUT2D eigenvalue weighted by Gasteiger charge is -2.27. The van der Waals surface area contributed by atoms with Crippen LogP contribution in [0.25, 0.3) is 0 Å². The Kier molecular flexibility index (Phi) is 3.92. The number of hydrogen-bond donors (Lipinski definition) is 2. The molecule has 0 atom stereocenters. The first-order chi connectivity index (χ1) is 11.7. The smallest absolute Gasteiger partial charge is 0.263 e. The molecule has 0 spiro atoms.